The van der Waals surface area contributed by atoms with Gasteiger partial charge in [0.25, 0.3) is 0 Å². The lowest BCUT2D eigenvalue weighted by Gasteiger charge is -2.34. The van der Waals surface area contributed by atoms with E-state index in [-0.39, 0.29) is 11.9 Å². The fourth-order valence-corrected chi connectivity index (χ4v) is 4.07. The highest BCUT2D eigenvalue weighted by Crippen LogP contribution is 2.23. The van der Waals surface area contributed by atoms with E-state index in [1.54, 1.807) is 7.11 Å². The number of amides is 1. The highest BCUT2D eigenvalue weighted by molar-refractivity contribution is 6.31. The van der Waals surface area contributed by atoms with Crippen LogP contribution in [0.2, 0.25) is 5.02 Å². The zero-order valence-electron chi connectivity index (χ0n) is 17.5. The van der Waals surface area contributed by atoms with Crippen LogP contribution in [0, 0.1) is 6.92 Å². The molecule has 1 aliphatic rings. The first-order chi connectivity index (χ1) is 14.0. The number of ether oxygens (including phenoxy) is 1. The summed E-state index contributed by atoms with van der Waals surface area (Å²) in [6, 6.07) is 13.8. The second-order valence-electron chi connectivity index (χ2n) is 7.68. The molecule has 0 saturated carbocycles. The first-order valence-electron chi connectivity index (χ1n) is 10.1. The van der Waals surface area contributed by atoms with Crippen molar-refractivity contribution in [1.82, 2.24) is 15.1 Å². The van der Waals surface area contributed by atoms with Gasteiger partial charge in [-0.2, -0.15) is 0 Å². The third-order valence-corrected chi connectivity index (χ3v) is 5.76. The van der Waals surface area contributed by atoms with Crippen molar-refractivity contribution in [3.63, 3.8) is 0 Å². The molecule has 0 bridgehead atoms. The Bertz CT molecular complexity index is 835. The van der Waals surface area contributed by atoms with Crippen molar-refractivity contribution in [3.8, 4) is 5.75 Å². The van der Waals surface area contributed by atoms with Crippen LogP contribution in [0.1, 0.15) is 29.7 Å². The smallest absolute Gasteiger partial charge is 0.234 e. The zero-order valence-corrected chi connectivity index (χ0v) is 18.2. The van der Waals surface area contributed by atoms with Crippen LogP contribution in [0.25, 0.3) is 0 Å². The molecule has 3 rings (SSSR count). The lowest BCUT2D eigenvalue weighted by Crippen LogP contribution is -2.49. The van der Waals surface area contributed by atoms with Gasteiger partial charge in [-0.3, -0.25) is 14.6 Å². The van der Waals surface area contributed by atoms with Gasteiger partial charge < -0.3 is 10.1 Å². The molecule has 5 nitrogen and oxygen atoms in total. The molecule has 1 amide bonds. The molecule has 6 heteroatoms. The van der Waals surface area contributed by atoms with Crippen molar-refractivity contribution in [2.45, 2.75) is 26.4 Å². The minimum Gasteiger partial charge on any atom is -0.496 e. The number of carbonyl (C=O) groups is 1. The molecule has 0 spiro atoms. The van der Waals surface area contributed by atoms with E-state index in [1.807, 2.05) is 37.3 Å². The molecule has 1 aliphatic heterocycles. The van der Waals surface area contributed by atoms with E-state index in [9.17, 15) is 4.79 Å². The Kier molecular flexibility index (Phi) is 7.53. The second kappa shape index (κ2) is 10.1. The van der Waals surface area contributed by atoms with E-state index in [2.05, 4.69) is 34.2 Å². The molecule has 1 fully saturated rings. The fraction of sp³-hybridized carbons (Fsp3) is 0.435. The Balaban J connectivity index is 1.47. The first kappa shape index (κ1) is 21.6. The van der Waals surface area contributed by atoms with E-state index in [4.69, 9.17) is 16.3 Å². The molecule has 0 radical (unpaired) electrons. The van der Waals surface area contributed by atoms with Gasteiger partial charge >= 0.3 is 0 Å². The molecule has 1 N–H and O–H groups in total. The van der Waals surface area contributed by atoms with E-state index >= 15 is 0 Å². The molecule has 2 aromatic carbocycles. The van der Waals surface area contributed by atoms with Gasteiger partial charge in [-0.05, 0) is 31.5 Å². The van der Waals surface area contributed by atoms with Crippen LogP contribution in [-0.2, 0) is 11.3 Å². The van der Waals surface area contributed by atoms with Crippen LogP contribution >= 0.6 is 11.6 Å². The average molecular weight is 416 g/mol. The summed E-state index contributed by atoms with van der Waals surface area (Å²) >= 11 is 6.23. The number of benzene rings is 2. The third kappa shape index (κ3) is 5.95. The summed E-state index contributed by atoms with van der Waals surface area (Å²) in [5.74, 6) is 0.970. The Morgan fingerprint density at radius 3 is 2.52 bits per heavy atom. The van der Waals surface area contributed by atoms with Crippen LogP contribution in [0.5, 0.6) is 5.75 Å². The second-order valence-corrected chi connectivity index (χ2v) is 8.09. The van der Waals surface area contributed by atoms with Crippen LogP contribution in [0.3, 0.4) is 0 Å². The molecule has 0 aliphatic carbocycles. The van der Waals surface area contributed by atoms with Crippen molar-refractivity contribution in [1.29, 1.82) is 0 Å². The maximum Gasteiger partial charge on any atom is 0.234 e. The number of nitrogens with zero attached hydrogens (tertiary/aromatic N) is 2. The van der Waals surface area contributed by atoms with E-state index in [1.165, 1.54) is 11.1 Å². The molecule has 1 heterocycles. The molecule has 29 heavy (non-hydrogen) atoms. The van der Waals surface area contributed by atoms with E-state index < -0.39 is 0 Å². The average Bonchev–Trinajstić information content (AvgIpc) is 2.70. The van der Waals surface area contributed by atoms with Gasteiger partial charge in [-0.25, -0.2) is 0 Å². The van der Waals surface area contributed by atoms with Gasteiger partial charge in [0.15, 0.2) is 0 Å². The van der Waals surface area contributed by atoms with Crippen molar-refractivity contribution in [2.75, 3.05) is 39.8 Å². The summed E-state index contributed by atoms with van der Waals surface area (Å²) in [5, 5.41) is 3.74. The Morgan fingerprint density at radius 2 is 1.83 bits per heavy atom. The van der Waals surface area contributed by atoms with Crippen molar-refractivity contribution < 1.29 is 9.53 Å². The lowest BCUT2D eigenvalue weighted by molar-refractivity contribution is -0.123. The Hall–Kier alpha value is -2.08. The van der Waals surface area contributed by atoms with Crippen LogP contribution in [0.15, 0.2) is 42.5 Å². The number of rotatable bonds is 7. The maximum atomic E-state index is 12.5. The van der Waals surface area contributed by atoms with Crippen molar-refractivity contribution in [2.24, 2.45) is 0 Å². The topological polar surface area (TPSA) is 44.8 Å². The number of aryl methyl sites for hydroxylation is 1. The van der Waals surface area contributed by atoms with Crippen LogP contribution < -0.4 is 10.1 Å². The number of methoxy groups -OCH3 is 1. The molecular formula is C23H30ClN3O2. The summed E-state index contributed by atoms with van der Waals surface area (Å²) in [6.07, 6.45) is 0. The van der Waals surface area contributed by atoms with Gasteiger partial charge in [0.2, 0.25) is 5.91 Å². The zero-order chi connectivity index (χ0) is 20.8. The standard InChI is InChI=1S/C23H30ClN3O2/c1-17-8-9-22(29-3)19(14-17)15-26-10-12-27(13-11-26)16-23(28)25-18(2)20-6-4-5-7-21(20)24/h4-9,14,18H,10-13,15-16H2,1-3H3,(H,25,28)/t18-/m1/s1. The van der Waals surface area contributed by atoms with Crippen LogP contribution in [0.4, 0.5) is 0 Å². The van der Waals surface area contributed by atoms with Gasteiger partial charge in [-0.1, -0.05) is 47.5 Å². The molecule has 156 valence electrons. The highest BCUT2D eigenvalue weighted by Gasteiger charge is 2.21. The predicted molar refractivity (Wildman–Crippen MR) is 117 cm³/mol. The summed E-state index contributed by atoms with van der Waals surface area (Å²) in [7, 11) is 1.72. The monoisotopic (exact) mass is 415 g/mol. The van der Waals surface area contributed by atoms with Gasteiger partial charge in [0.05, 0.1) is 19.7 Å². The van der Waals surface area contributed by atoms with Gasteiger partial charge in [0.1, 0.15) is 5.75 Å². The number of piperazine rings is 1. The normalized spacial score (nSPS) is 16.4. The summed E-state index contributed by atoms with van der Waals surface area (Å²) in [5.41, 5.74) is 3.40. The minimum absolute atomic E-state index is 0.0335. The molecule has 1 atom stereocenters. The lowest BCUT2D eigenvalue weighted by atomic mass is 10.1. The van der Waals surface area contributed by atoms with Crippen molar-refractivity contribution >= 4 is 17.5 Å². The quantitative estimate of drug-likeness (QED) is 0.749. The van der Waals surface area contributed by atoms with Gasteiger partial charge in [0, 0.05) is 43.3 Å². The fourth-order valence-electron chi connectivity index (χ4n) is 3.77. The van der Waals surface area contributed by atoms with E-state index in [0.29, 0.717) is 11.6 Å². The Labute approximate surface area is 178 Å². The largest absolute Gasteiger partial charge is 0.496 e. The number of carbonyl (C=O) groups excluding carboxylic acids is 1. The SMILES string of the molecule is COc1ccc(C)cc1CN1CCN(CC(=O)N[C@H](C)c2ccccc2Cl)CC1. The highest BCUT2D eigenvalue weighted by atomic mass is 35.5. The summed E-state index contributed by atoms with van der Waals surface area (Å²) in [4.78, 5) is 17.1. The first-order valence-corrected chi connectivity index (χ1v) is 10.5. The molecule has 0 unspecified atom stereocenters. The maximum absolute atomic E-state index is 12.5. The van der Waals surface area contributed by atoms with Gasteiger partial charge in [-0.15, -0.1) is 0 Å². The number of halogens is 1. The number of hydrogen-bond acceptors (Lipinski definition) is 4. The molecule has 1 saturated heterocycles. The summed E-state index contributed by atoms with van der Waals surface area (Å²) < 4.78 is 5.50. The molecule has 0 aromatic heterocycles. The van der Waals surface area contributed by atoms with Crippen LogP contribution in [-0.4, -0.2) is 55.5 Å². The molecule has 2 aromatic rings. The number of hydrogen-bond donors (Lipinski definition) is 1. The Morgan fingerprint density at radius 1 is 1.14 bits per heavy atom. The van der Waals surface area contributed by atoms with E-state index in [0.717, 1.165) is 44.0 Å². The summed E-state index contributed by atoms with van der Waals surface area (Å²) in [6.45, 7) is 8.97. The molecular weight excluding hydrogens is 386 g/mol. The minimum atomic E-state index is -0.105. The predicted octanol–water partition coefficient (Wildman–Crippen LogP) is 3.65. The number of nitrogens with one attached hydrogen (secondary N) is 1. The third-order valence-electron chi connectivity index (χ3n) is 5.41. The van der Waals surface area contributed by atoms with Crippen molar-refractivity contribution in [3.05, 3.63) is 64.2 Å².